The third-order valence-electron chi connectivity index (χ3n) is 4.37. The summed E-state index contributed by atoms with van der Waals surface area (Å²) in [5.74, 6) is -0.181. The van der Waals surface area contributed by atoms with Crippen LogP contribution in [0.2, 0.25) is 0 Å². The molecular formula is C17H24FN6O. The molecule has 0 aliphatic carbocycles. The lowest BCUT2D eigenvalue weighted by atomic mass is 9.94. The average Bonchev–Trinajstić information content (AvgIpc) is 2.58. The van der Waals surface area contributed by atoms with Gasteiger partial charge in [-0.15, -0.1) is 10.3 Å². The van der Waals surface area contributed by atoms with Gasteiger partial charge in [-0.25, -0.2) is 9.98 Å². The van der Waals surface area contributed by atoms with Gasteiger partial charge < -0.3 is 5.32 Å². The molecule has 1 fully saturated rings. The molecule has 135 valence electrons. The van der Waals surface area contributed by atoms with Crippen LogP contribution in [0.1, 0.15) is 47.0 Å². The third kappa shape index (κ3) is 4.87. The molecule has 25 heavy (non-hydrogen) atoms. The molecule has 1 radical (unpaired) electrons. The Morgan fingerprint density at radius 2 is 2.12 bits per heavy atom. The second-order valence-electron chi connectivity index (χ2n) is 7.50. The van der Waals surface area contributed by atoms with Gasteiger partial charge >= 0.3 is 0 Å². The van der Waals surface area contributed by atoms with Crippen LogP contribution in [-0.2, 0) is 5.21 Å². The van der Waals surface area contributed by atoms with E-state index in [-0.39, 0.29) is 17.8 Å². The van der Waals surface area contributed by atoms with Crippen LogP contribution in [0.5, 0.6) is 0 Å². The molecule has 1 atom stereocenters. The monoisotopic (exact) mass is 347 g/mol. The molecule has 2 heterocycles. The van der Waals surface area contributed by atoms with Crippen LogP contribution in [0.4, 0.5) is 10.2 Å². The minimum atomic E-state index is -0.624. The highest BCUT2D eigenvalue weighted by atomic mass is 19.1. The van der Waals surface area contributed by atoms with E-state index in [9.17, 15) is 9.60 Å². The van der Waals surface area contributed by atoms with Crippen molar-refractivity contribution in [3.8, 4) is 6.19 Å². The standard InChI is InChI=1S/C17H24FN6O/c1-16(2)9-8-12(10-17(3,4)24(16)25)21-15(20-11-19)23-14-7-5-6-13(18)22-14/h5-7,12H,8-10H2,1-4H3,(H2,20,21,22,23). The van der Waals surface area contributed by atoms with Crippen molar-refractivity contribution in [1.82, 2.24) is 15.4 Å². The van der Waals surface area contributed by atoms with Crippen molar-refractivity contribution in [3.05, 3.63) is 24.1 Å². The van der Waals surface area contributed by atoms with Crippen molar-refractivity contribution in [2.24, 2.45) is 4.99 Å². The summed E-state index contributed by atoms with van der Waals surface area (Å²) in [6, 6.07) is 4.18. The Balaban J connectivity index is 2.23. The van der Waals surface area contributed by atoms with E-state index in [1.54, 1.807) is 6.07 Å². The van der Waals surface area contributed by atoms with Crippen molar-refractivity contribution in [3.63, 3.8) is 0 Å². The predicted octanol–water partition coefficient (Wildman–Crippen LogP) is 2.82. The van der Waals surface area contributed by atoms with Gasteiger partial charge in [0.1, 0.15) is 5.82 Å². The van der Waals surface area contributed by atoms with E-state index in [0.29, 0.717) is 19.3 Å². The number of nitrogens with zero attached hydrogens (tertiary/aromatic N) is 4. The Hall–Kier alpha value is -2.24. The third-order valence-corrected chi connectivity index (χ3v) is 4.37. The molecule has 7 nitrogen and oxygen atoms in total. The van der Waals surface area contributed by atoms with E-state index in [1.807, 2.05) is 33.9 Å². The molecule has 1 aromatic rings. The van der Waals surface area contributed by atoms with Gasteiger partial charge in [0.2, 0.25) is 11.9 Å². The van der Waals surface area contributed by atoms with E-state index >= 15 is 0 Å². The number of nitriles is 1. The largest absolute Gasteiger partial charge is 0.310 e. The van der Waals surface area contributed by atoms with Gasteiger partial charge in [-0.05, 0) is 59.1 Å². The Bertz CT molecular complexity index is 682. The van der Waals surface area contributed by atoms with Gasteiger partial charge in [0.05, 0.1) is 6.04 Å². The van der Waals surface area contributed by atoms with Gasteiger partial charge in [-0.1, -0.05) is 6.07 Å². The fourth-order valence-electron chi connectivity index (χ4n) is 3.24. The predicted molar refractivity (Wildman–Crippen MR) is 92.3 cm³/mol. The summed E-state index contributed by atoms with van der Waals surface area (Å²) in [6.45, 7) is 7.65. The van der Waals surface area contributed by atoms with Crippen LogP contribution in [0.25, 0.3) is 0 Å². The maximum Gasteiger partial charge on any atom is 0.214 e. The number of guanidine groups is 1. The number of nitrogens with one attached hydrogen (secondary N) is 2. The number of hydrogen-bond acceptors (Lipinski definition) is 4. The Kier molecular flexibility index (Phi) is 5.60. The maximum atomic E-state index is 13.2. The molecule has 1 aliphatic rings. The molecule has 2 rings (SSSR count). The fraction of sp³-hybridized carbons (Fsp3) is 0.588. The average molecular weight is 347 g/mol. The molecule has 2 N–H and O–H groups in total. The summed E-state index contributed by atoms with van der Waals surface area (Å²) in [6.07, 6.45) is 3.77. The highest BCUT2D eigenvalue weighted by molar-refractivity contribution is 5.93. The van der Waals surface area contributed by atoms with Crippen LogP contribution < -0.4 is 10.6 Å². The number of hydroxylamine groups is 2. The van der Waals surface area contributed by atoms with Gasteiger partial charge in [-0.3, -0.25) is 5.32 Å². The number of anilines is 1. The van der Waals surface area contributed by atoms with Crippen LogP contribution in [-0.4, -0.2) is 33.1 Å². The number of rotatable bonds is 2. The second kappa shape index (κ2) is 7.33. The summed E-state index contributed by atoms with van der Waals surface area (Å²) in [5, 5.41) is 28.0. The van der Waals surface area contributed by atoms with E-state index in [1.165, 1.54) is 12.1 Å². The van der Waals surface area contributed by atoms with Gasteiger partial charge in [-0.2, -0.15) is 9.65 Å². The zero-order chi connectivity index (χ0) is 18.7. The first kappa shape index (κ1) is 19.1. The van der Waals surface area contributed by atoms with Crippen molar-refractivity contribution < 1.29 is 9.60 Å². The number of aromatic nitrogens is 1. The molecule has 0 amide bonds. The van der Waals surface area contributed by atoms with Crippen LogP contribution >= 0.6 is 0 Å². The molecule has 0 aromatic carbocycles. The quantitative estimate of drug-likeness (QED) is 0.282. The molecule has 1 aliphatic heterocycles. The van der Waals surface area contributed by atoms with E-state index in [2.05, 4.69) is 20.6 Å². The SMILES string of the molecule is CC1(C)CCC(N=C(NC#N)Nc2cccc(F)n2)CC(C)(C)N1[O]. The van der Waals surface area contributed by atoms with Crippen LogP contribution in [0.3, 0.4) is 0 Å². The van der Waals surface area contributed by atoms with Crippen LogP contribution in [0, 0.1) is 17.4 Å². The number of hydrogen-bond donors (Lipinski definition) is 2. The molecule has 1 aromatic heterocycles. The molecule has 0 bridgehead atoms. The molecular weight excluding hydrogens is 323 g/mol. The summed E-state index contributed by atoms with van der Waals surface area (Å²) >= 11 is 0. The Labute approximate surface area is 147 Å². The number of pyridine rings is 1. The summed E-state index contributed by atoms with van der Waals surface area (Å²) in [5.41, 5.74) is -1.06. The normalized spacial score (nSPS) is 23.4. The van der Waals surface area contributed by atoms with E-state index < -0.39 is 17.0 Å². The lowest BCUT2D eigenvalue weighted by Gasteiger charge is -2.39. The molecule has 8 heteroatoms. The van der Waals surface area contributed by atoms with Crippen molar-refractivity contribution in [2.45, 2.75) is 64.1 Å². The van der Waals surface area contributed by atoms with E-state index in [0.717, 1.165) is 5.06 Å². The number of aliphatic imine (C=N–C) groups is 1. The Morgan fingerprint density at radius 1 is 1.40 bits per heavy atom. The zero-order valence-electron chi connectivity index (χ0n) is 15.0. The lowest BCUT2D eigenvalue weighted by Crippen LogP contribution is -2.51. The first-order valence-corrected chi connectivity index (χ1v) is 8.24. The van der Waals surface area contributed by atoms with Gasteiger partial charge in [0.25, 0.3) is 0 Å². The smallest absolute Gasteiger partial charge is 0.214 e. The number of halogens is 1. The topological polar surface area (TPSA) is 96.2 Å². The summed E-state index contributed by atoms with van der Waals surface area (Å²) in [7, 11) is 0. The van der Waals surface area contributed by atoms with Crippen molar-refractivity contribution >= 4 is 11.8 Å². The van der Waals surface area contributed by atoms with Crippen molar-refractivity contribution in [2.75, 3.05) is 5.32 Å². The minimum absolute atomic E-state index is 0.148. The fourth-order valence-corrected chi connectivity index (χ4v) is 3.24. The first-order valence-electron chi connectivity index (χ1n) is 8.24. The molecule has 1 saturated heterocycles. The molecule has 0 saturated carbocycles. The maximum absolute atomic E-state index is 13.2. The minimum Gasteiger partial charge on any atom is -0.310 e. The summed E-state index contributed by atoms with van der Waals surface area (Å²) < 4.78 is 13.2. The Morgan fingerprint density at radius 3 is 2.76 bits per heavy atom. The summed E-state index contributed by atoms with van der Waals surface area (Å²) in [4.78, 5) is 8.25. The van der Waals surface area contributed by atoms with Gasteiger partial charge in [0.15, 0.2) is 6.19 Å². The highest BCUT2D eigenvalue weighted by Crippen LogP contribution is 2.36. The van der Waals surface area contributed by atoms with E-state index in [4.69, 9.17) is 5.26 Å². The first-order chi connectivity index (χ1) is 11.6. The highest BCUT2D eigenvalue weighted by Gasteiger charge is 2.43. The lowest BCUT2D eigenvalue weighted by molar-refractivity contribution is -0.269. The van der Waals surface area contributed by atoms with Crippen LogP contribution in [0.15, 0.2) is 23.2 Å². The molecule has 1 unspecified atom stereocenters. The van der Waals surface area contributed by atoms with Crippen molar-refractivity contribution in [1.29, 1.82) is 5.26 Å². The second-order valence-corrected chi connectivity index (χ2v) is 7.50. The molecule has 0 spiro atoms. The van der Waals surface area contributed by atoms with Gasteiger partial charge in [0, 0.05) is 11.1 Å². The zero-order valence-corrected chi connectivity index (χ0v) is 15.0.